The molecule has 182 valence electrons. The van der Waals surface area contributed by atoms with Crippen molar-refractivity contribution in [3.05, 3.63) is 70.0 Å². The van der Waals surface area contributed by atoms with Crippen molar-refractivity contribution in [2.75, 3.05) is 36.5 Å². The van der Waals surface area contributed by atoms with Gasteiger partial charge in [0.2, 0.25) is 5.56 Å². The van der Waals surface area contributed by atoms with Gasteiger partial charge < -0.3 is 30.4 Å². The van der Waals surface area contributed by atoms with Crippen LogP contribution in [0.4, 0.5) is 11.4 Å². The average Bonchev–Trinajstić information content (AvgIpc) is 2.88. The molecule has 7 heteroatoms. The maximum atomic E-state index is 12.5. The van der Waals surface area contributed by atoms with Gasteiger partial charge in [-0.3, -0.25) is 4.79 Å². The van der Waals surface area contributed by atoms with Crippen LogP contribution in [0, 0.1) is 0 Å². The van der Waals surface area contributed by atoms with Gasteiger partial charge >= 0.3 is 0 Å². The fourth-order valence-corrected chi connectivity index (χ4v) is 5.46. The lowest BCUT2D eigenvalue weighted by molar-refractivity contribution is 0.122. The molecule has 2 fully saturated rings. The van der Waals surface area contributed by atoms with E-state index in [1.807, 2.05) is 18.2 Å². The molecule has 6 rings (SSSR count). The van der Waals surface area contributed by atoms with Crippen LogP contribution in [0.1, 0.15) is 36.8 Å². The standard InChI is InChI=1S/C28H32N4O3/c29-20-4-6-21(7-5-20)30-22-8-9-26-19(15-22)14-18-2-1-3-24(28(18)35-26)25-16-23(17-27(33)31-25)32-10-12-34-13-11-32/h1-3,8-9,15-17,20-21,30H,4-7,10-14,29H2,(H,31,33)/t20-,21-. The number of hydrogen-bond donors (Lipinski definition) is 3. The monoisotopic (exact) mass is 472 g/mol. The molecule has 1 aliphatic carbocycles. The van der Waals surface area contributed by atoms with Crippen LogP contribution in [-0.4, -0.2) is 43.4 Å². The molecule has 2 aliphatic heterocycles. The molecule has 0 unspecified atom stereocenters. The maximum absolute atomic E-state index is 12.5. The van der Waals surface area contributed by atoms with Crippen LogP contribution in [0.25, 0.3) is 11.3 Å². The Morgan fingerprint density at radius 2 is 1.80 bits per heavy atom. The second-order valence-electron chi connectivity index (χ2n) is 9.87. The maximum Gasteiger partial charge on any atom is 0.250 e. The summed E-state index contributed by atoms with van der Waals surface area (Å²) in [7, 11) is 0. The summed E-state index contributed by atoms with van der Waals surface area (Å²) in [5, 5.41) is 3.69. The zero-order valence-electron chi connectivity index (χ0n) is 19.9. The summed E-state index contributed by atoms with van der Waals surface area (Å²) < 4.78 is 11.9. The Bertz CT molecular complexity index is 1270. The molecule has 1 aromatic heterocycles. The first-order valence-electron chi connectivity index (χ1n) is 12.6. The number of aromatic nitrogens is 1. The number of benzene rings is 2. The van der Waals surface area contributed by atoms with Gasteiger partial charge in [-0.2, -0.15) is 0 Å². The summed E-state index contributed by atoms with van der Waals surface area (Å²) in [4.78, 5) is 17.8. The lowest BCUT2D eigenvalue weighted by Gasteiger charge is -2.29. The largest absolute Gasteiger partial charge is 0.456 e. The Hall–Kier alpha value is -3.29. The highest BCUT2D eigenvalue weighted by Gasteiger charge is 2.23. The van der Waals surface area contributed by atoms with Crippen molar-refractivity contribution in [1.82, 2.24) is 4.98 Å². The second kappa shape index (κ2) is 9.40. The second-order valence-corrected chi connectivity index (χ2v) is 9.87. The third-order valence-corrected chi connectivity index (χ3v) is 7.39. The molecule has 2 aromatic carbocycles. The smallest absolute Gasteiger partial charge is 0.250 e. The molecule has 3 aliphatic rings. The third-order valence-electron chi connectivity index (χ3n) is 7.39. The highest BCUT2D eigenvalue weighted by molar-refractivity contribution is 5.74. The molecule has 0 amide bonds. The van der Waals surface area contributed by atoms with Gasteiger partial charge in [-0.15, -0.1) is 0 Å². The molecule has 0 bridgehead atoms. The van der Waals surface area contributed by atoms with Crippen molar-refractivity contribution < 1.29 is 9.47 Å². The zero-order valence-corrected chi connectivity index (χ0v) is 19.9. The molecular formula is C28H32N4O3. The van der Waals surface area contributed by atoms with E-state index in [0.29, 0.717) is 25.3 Å². The summed E-state index contributed by atoms with van der Waals surface area (Å²) >= 11 is 0. The van der Waals surface area contributed by atoms with E-state index in [0.717, 1.165) is 84.9 Å². The van der Waals surface area contributed by atoms with Gasteiger partial charge in [0.15, 0.2) is 0 Å². The van der Waals surface area contributed by atoms with Gasteiger partial charge in [0.05, 0.1) is 18.9 Å². The number of ether oxygens (including phenoxy) is 2. The van der Waals surface area contributed by atoms with Crippen LogP contribution < -0.4 is 26.2 Å². The first-order chi connectivity index (χ1) is 17.1. The fraction of sp³-hybridized carbons (Fsp3) is 0.393. The number of morpholine rings is 1. The zero-order chi connectivity index (χ0) is 23.8. The van der Waals surface area contributed by atoms with E-state index >= 15 is 0 Å². The van der Waals surface area contributed by atoms with E-state index in [-0.39, 0.29) is 5.56 Å². The van der Waals surface area contributed by atoms with E-state index < -0.39 is 0 Å². The minimum absolute atomic E-state index is 0.114. The third kappa shape index (κ3) is 4.66. The Morgan fingerprint density at radius 3 is 2.63 bits per heavy atom. The Labute approximate surface area is 205 Å². The quantitative estimate of drug-likeness (QED) is 0.411. The molecular weight excluding hydrogens is 440 g/mol. The Morgan fingerprint density at radius 1 is 0.971 bits per heavy atom. The number of fused-ring (bicyclic) bond motifs is 2. The normalized spacial score (nSPS) is 21.6. The predicted molar refractivity (Wildman–Crippen MR) is 139 cm³/mol. The number of nitrogens with zero attached hydrogens (tertiary/aromatic N) is 1. The number of H-pyrrole nitrogens is 1. The first kappa shape index (κ1) is 22.2. The van der Waals surface area contributed by atoms with Gasteiger partial charge in [-0.25, -0.2) is 0 Å². The number of rotatable bonds is 4. The van der Waals surface area contributed by atoms with Gasteiger partial charge in [0, 0.05) is 60.2 Å². The first-order valence-corrected chi connectivity index (χ1v) is 12.6. The average molecular weight is 473 g/mol. The number of pyridine rings is 1. The van der Waals surface area contributed by atoms with Crippen LogP contribution in [-0.2, 0) is 11.2 Å². The summed E-state index contributed by atoms with van der Waals surface area (Å²) in [6.07, 6.45) is 5.18. The molecule has 1 saturated heterocycles. The molecule has 7 nitrogen and oxygen atoms in total. The molecule has 1 saturated carbocycles. The number of anilines is 2. The van der Waals surface area contributed by atoms with Crippen molar-refractivity contribution in [2.45, 2.75) is 44.2 Å². The lowest BCUT2D eigenvalue weighted by Crippen LogP contribution is -2.36. The summed E-state index contributed by atoms with van der Waals surface area (Å²) in [5.74, 6) is 1.68. The fourth-order valence-electron chi connectivity index (χ4n) is 5.46. The van der Waals surface area contributed by atoms with E-state index in [4.69, 9.17) is 15.2 Å². The van der Waals surface area contributed by atoms with Crippen LogP contribution in [0.2, 0.25) is 0 Å². The van der Waals surface area contributed by atoms with Gasteiger partial charge in [0.1, 0.15) is 11.5 Å². The molecule has 4 N–H and O–H groups in total. The van der Waals surface area contributed by atoms with Crippen LogP contribution in [0.3, 0.4) is 0 Å². The number of para-hydroxylation sites is 1. The SMILES string of the molecule is N[C@H]1CC[C@H](Nc2ccc3c(c2)Cc2cccc(-c4cc(N5CCOCC5)cc(=O)[nH]4)c2O3)CC1. The lowest BCUT2D eigenvalue weighted by atomic mass is 9.91. The molecule has 0 atom stereocenters. The molecule has 3 heterocycles. The van der Waals surface area contributed by atoms with E-state index in [9.17, 15) is 4.79 Å². The predicted octanol–water partition coefficient (Wildman–Crippen LogP) is 4.26. The van der Waals surface area contributed by atoms with Gasteiger partial charge in [0.25, 0.3) is 0 Å². The summed E-state index contributed by atoms with van der Waals surface area (Å²) in [5.41, 5.74) is 12.0. The number of aromatic amines is 1. The van der Waals surface area contributed by atoms with Crippen LogP contribution >= 0.6 is 0 Å². The van der Waals surface area contributed by atoms with E-state index in [1.54, 1.807) is 6.07 Å². The minimum Gasteiger partial charge on any atom is -0.456 e. The van der Waals surface area contributed by atoms with Crippen LogP contribution in [0.5, 0.6) is 11.5 Å². The van der Waals surface area contributed by atoms with Gasteiger partial charge in [-0.05, 0) is 61.6 Å². The molecule has 35 heavy (non-hydrogen) atoms. The number of hydrogen-bond acceptors (Lipinski definition) is 6. The number of nitrogens with two attached hydrogens (primary N) is 1. The Balaban J connectivity index is 1.27. The summed E-state index contributed by atoms with van der Waals surface area (Å²) in [6, 6.07) is 17.1. The van der Waals surface area contributed by atoms with Crippen molar-refractivity contribution in [1.29, 1.82) is 0 Å². The molecule has 0 spiro atoms. The summed E-state index contributed by atoms with van der Waals surface area (Å²) in [6.45, 7) is 2.91. The highest BCUT2D eigenvalue weighted by Crippen LogP contribution is 2.43. The van der Waals surface area contributed by atoms with Gasteiger partial charge in [-0.1, -0.05) is 12.1 Å². The van der Waals surface area contributed by atoms with Crippen LogP contribution in [0.15, 0.2) is 53.3 Å². The van der Waals surface area contributed by atoms with Crippen molar-refractivity contribution >= 4 is 11.4 Å². The molecule has 3 aromatic rings. The number of nitrogens with one attached hydrogen (secondary N) is 2. The van der Waals surface area contributed by atoms with E-state index in [1.165, 1.54) is 5.56 Å². The van der Waals surface area contributed by atoms with Crippen molar-refractivity contribution in [3.63, 3.8) is 0 Å². The van der Waals surface area contributed by atoms with E-state index in [2.05, 4.69) is 39.5 Å². The topological polar surface area (TPSA) is 92.6 Å². The minimum atomic E-state index is -0.114. The molecule has 0 radical (unpaired) electrons. The highest BCUT2D eigenvalue weighted by atomic mass is 16.5. The van der Waals surface area contributed by atoms with Crippen molar-refractivity contribution in [3.8, 4) is 22.8 Å². The van der Waals surface area contributed by atoms with Crippen molar-refractivity contribution in [2.24, 2.45) is 5.73 Å². The Kier molecular flexibility index (Phi) is 5.96.